The van der Waals surface area contributed by atoms with Crippen LogP contribution in [0.15, 0.2) is 3.92 Å². The molecule has 0 aliphatic rings. The first-order chi connectivity index (χ1) is 10.5. The molecule has 1 N–H and O–H groups in total. The third kappa shape index (κ3) is 7.50. The summed E-state index contributed by atoms with van der Waals surface area (Å²) >= 11 is 4.36. The molecule has 0 fully saturated rings. The maximum absolute atomic E-state index is 12.5. The standard InChI is InChI=1S/C14H19BBrN3O3S.Y/c1-6-19(11(20)9-10(15)23-12(16)18-9)8(2)7-17-13(21)22-14(3,4)5;/h8H,1-2,6-7H2,3-5H3,(H,17,21);/q-2;/t8-;/m0./s1. The summed E-state index contributed by atoms with van der Waals surface area (Å²) in [4.78, 5) is 29.6. The van der Waals surface area contributed by atoms with Crippen LogP contribution in [0.5, 0.6) is 0 Å². The van der Waals surface area contributed by atoms with Gasteiger partial charge in [0.2, 0.25) is 0 Å². The van der Waals surface area contributed by atoms with E-state index in [1.807, 2.05) is 0 Å². The Labute approximate surface area is 181 Å². The Morgan fingerprint density at radius 2 is 2.08 bits per heavy atom. The van der Waals surface area contributed by atoms with Crippen LogP contribution in [0.2, 0.25) is 0 Å². The fraction of sp³-hybridized carbons (Fsp3) is 0.500. The summed E-state index contributed by atoms with van der Waals surface area (Å²) in [5.41, 5.74) is -0.444. The molecule has 24 heavy (non-hydrogen) atoms. The molecule has 3 radical (unpaired) electrons. The zero-order valence-electron chi connectivity index (χ0n) is 14.0. The molecule has 6 nitrogen and oxygen atoms in total. The molecule has 0 aliphatic carbocycles. The summed E-state index contributed by atoms with van der Waals surface area (Å²) in [6.07, 6.45) is -0.571. The Kier molecular flexibility index (Phi) is 10.2. The van der Waals surface area contributed by atoms with Crippen LogP contribution in [0.3, 0.4) is 0 Å². The van der Waals surface area contributed by atoms with E-state index in [-0.39, 0.29) is 57.4 Å². The zero-order chi connectivity index (χ0) is 17.8. The Bertz CT molecular complexity index is 580. The monoisotopic (exact) mass is 488 g/mol. The summed E-state index contributed by atoms with van der Waals surface area (Å²) in [6.45, 7) is 13.2. The second-order valence-electron chi connectivity index (χ2n) is 5.71. The van der Waals surface area contributed by atoms with Crippen molar-refractivity contribution in [3.05, 3.63) is 23.5 Å². The van der Waals surface area contributed by atoms with Gasteiger partial charge < -0.3 is 28.8 Å². The van der Waals surface area contributed by atoms with Crippen LogP contribution >= 0.6 is 27.3 Å². The molecular weight excluding hydrogens is 470 g/mol. The van der Waals surface area contributed by atoms with Crippen LogP contribution in [0.4, 0.5) is 4.79 Å². The van der Waals surface area contributed by atoms with Gasteiger partial charge in [-0.3, -0.25) is 4.79 Å². The predicted octanol–water partition coefficient (Wildman–Crippen LogP) is 1.70. The van der Waals surface area contributed by atoms with Crippen molar-refractivity contribution < 1.29 is 47.0 Å². The van der Waals surface area contributed by atoms with E-state index in [4.69, 9.17) is 12.6 Å². The van der Waals surface area contributed by atoms with Gasteiger partial charge in [0, 0.05) is 39.3 Å². The quantitative estimate of drug-likeness (QED) is 0.506. The van der Waals surface area contributed by atoms with Crippen molar-refractivity contribution in [3.63, 3.8) is 0 Å². The van der Waals surface area contributed by atoms with Crippen LogP contribution in [0.25, 0.3) is 0 Å². The van der Waals surface area contributed by atoms with E-state index in [0.29, 0.717) is 8.69 Å². The Morgan fingerprint density at radius 1 is 1.50 bits per heavy atom. The molecule has 129 valence electrons. The summed E-state index contributed by atoms with van der Waals surface area (Å²) in [5.74, 6) is -0.384. The topological polar surface area (TPSA) is 71.5 Å². The summed E-state index contributed by atoms with van der Waals surface area (Å²) in [6, 6.07) is -0.535. The number of hydrogen-bond donors (Lipinski definition) is 1. The molecule has 2 amide bonds. The van der Waals surface area contributed by atoms with Crippen molar-refractivity contribution in [2.75, 3.05) is 13.1 Å². The number of alkyl carbamates (subject to hydrolysis) is 1. The normalized spacial score (nSPS) is 12.1. The number of rotatable bonds is 5. The molecule has 0 unspecified atom stereocenters. The van der Waals surface area contributed by atoms with Crippen LogP contribution in [-0.4, -0.2) is 54.5 Å². The molecule has 0 saturated carbocycles. The minimum Gasteiger partial charge on any atom is -0.444 e. The van der Waals surface area contributed by atoms with Crippen molar-refractivity contribution in [2.24, 2.45) is 0 Å². The molecule has 0 saturated heterocycles. The number of carbonyl (C=O) groups excluding carboxylic acids is 2. The average Bonchev–Trinajstić information content (AvgIpc) is 2.74. The van der Waals surface area contributed by atoms with E-state index in [2.05, 4.69) is 40.1 Å². The molecule has 1 atom stereocenters. The first-order valence-corrected chi connectivity index (χ1v) is 8.48. The molecule has 10 heteroatoms. The van der Waals surface area contributed by atoms with Crippen molar-refractivity contribution in [1.82, 2.24) is 15.2 Å². The molecule has 1 aromatic heterocycles. The molecule has 0 aromatic carbocycles. The Hall–Kier alpha value is 0.0188. The van der Waals surface area contributed by atoms with Gasteiger partial charge in [0.1, 0.15) is 19.1 Å². The van der Waals surface area contributed by atoms with Crippen molar-refractivity contribution in [1.29, 1.82) is 0 Å². The molecule has 0 aliphatic heterocycles. The summed E-state index contributed by atoms with van der Waals surface area (Å²) in [7, 11) is 5.77. The maximum Gasteiger partial charge on any atom is 0.407 e. The number of nitrogens with zero attached hydrogens (tertiary/aromatic N) is 2. The first-order valence-electron chi connectivity index (χ1n) is 6.87. The van der Waals surface area contributed by atoms with Crippen molar-refractivity contribution in [2.45, 2.75) is 32.4 Å². The van der Waals surface area contributed by atoms with Crippen LogP contribution in [-0.2, 0) is 37.4 Å². The van der Waals surface area contributed by atoms with Crippen molar-refractivity contribution >= 4 is 51.9 Å². The van der Waals surface area contributed by atoms with E-state index in [0.717, 1.165) is 0 Å². The third-order valence-corrected chi connectivity index (χ3v) is 3.99. The van der Waals surface area contributed by atoms with Crippen molar-refractivity contribution in [3.8, 4) is 0 Å². The largest absolute Gasteiger partial charge is 0.444 e. The van der Waals surface area contributed by atoms with Gasteiger partial charge in [0.05, 0.1) is 0 Å². The molecule has 1 heterocycles. The van der Waals surface area contributed by atoms with Gasteiger partial charge in [-0.2, -0.15) is 0 Å². The number of hydrogen-bond acceptors (Lipinski definition) is 5. The fourth-order valence-corrected chi connectivity index (χ4v) is 2.92. The first kappa shape index (κ1) is 24.0. The van der Waals surface area contributed by atoms with Gasteiger partial charge in [-0.05, 0) is 41.5 Å². The summed E-state index contributed by atoms with van der Waals surface area (Å²) < 4.78 is 5.97. The minimum absolute atomic E-state index is 0. The van der Waals surface area contributed by atoms with E-state index in [1.165, 1.54) is 16.2 Å². The van der Waals surface area contributed by atoms with Crippen LogP contribution in [0.1, 0.15) is 31.3 Å². The molecule has 1 rings (SSSR count). The molecule has 1 aromatic rings. The van der Waals surface area contributed by atoms with Gasteiger partial charge in [0.25, 0.3) is 5.91 Å². The zero-order valence-corrected chi connectivity index (χ0v) is 19.2. The minimum atomic E-state index is -0.593. The van der Waals surface area contributed by atoms with Gasteiger partial charge >= 0.3 is 6.09 Å². The molecule has 0 spiro atoms. The number of thiazole rings is 1. The number of nitrogens with one attached hydrogen (secondary N) is 1. The molecular formula is C14H19BBrN3O3SY-2. The van der Waals surface area contributed by atoms with Gasteiger partial charge in [-0.1, -0.05) is 6.04 Å². The Balaban J connectivity index is 0.00000529. The number of amides is 2. The van der Waals surface area contributed by atoms with E-state index < -0.39 is 17.7 Å². The van der Waals surface area contributed by atoms with Gasteiger partial charge in [-0.25, -0.2) is 9.78 Å². The number of ether oxygens (including phenoxy) is 1. The maximum atomic E-state index is 12.5. The molecule has 0 bridgehead atoms. The number of halogens is 1. The smallest absolute Gasteiger partial charge is 0.407 e. The fourth-order valence-electron chi connectivity index (χ4n) is 1.67. The second kappa shape index (κ2) is 10.2. The Morgan fingerprint density at radius 3 is 2.50 bits per heavy atom. The van der Waals surface area contributed by atoms with E-state index in [9.17, 15) is 9.59 Å². The van der Waals surface area contributed by atoms with Crippen LogP contribution < -0.4 is 10.1 Å². The van der Waals surface area contributed by atoms with Gasteiger partial charge in [0.15, 0.2) is 3.92 Å². The van der Waals surface area contributed by atoms with Crippen LogP contribution in [0, 0.1) is 13.8 Å². The SMILES string of the molecule is [B]c1sc(Br)nc1C(=O)N(C[CH2-])[C@@H]([CH2-])CNC(=O)OC(C)(C)C.[Y]. The average molecular weight is 489 g/mol. The third-order valence-electron chi connectivity index (χ3n) is 2.65. The predicted molar refractivity (Wildman–Crippen MR) is 95.0 cm³/mol. The van der Waals surface area contributed by atoms with E-state index >= 15 is 0 Å². The summed E-state index contributed by atoms with van der Waals surface area (Å²) in [5, 5.41) is 2.58. The van der Waals surface area contributed by atoms with Gasteiger partial charge in [-0.15, -0.1) is 17.9 Å². The van der Waals surface area contributed by atoms with E-state index in [1.54, 1.807) is 20.8 Å². The number of carbonyl (C=O) groups is 2. The second-order valence-corrected chi connectivity index (χ2v) is 8.02. The number of aromatic nitrogens is 1.